The van der Waals surface area contributed by atoms with Gasteiger partial charge in [0.05, 0.1) is 24.3 Å². The number of fused-ring (bicyclic) bond motifs is 3. The number of hydrogen-bond acceptors (Lipinski definition) is 5. The fourth-order valence-corrected chi connectivity index (χ4v) is 3.72. The third-order valence-electron chi connectivity index (χ3n) is 4.86. The van der Waals surface area contributed by atoms with E-state index in [1.54, 1.807) is 17.1 Å². The van der Waals surface area contributed by atoms with Crippen molar-refractivity contribution >= 4 is 5.52 Å². The largest absolute Gasteiger partial charge is 0.471 e. The summed E-state index contributed by atoms with van der Waals surface area (Å²) in [6, 6.07) is 3.00. The topological polar surface area (TPSA) is 69.3 Å². The van der Waals surface area contributed by atoms with Crippen molar-refractivity contribution in [3.8, 4) is 17.1 Å². The molecule has 0 aliphatic carbocycles. The molecular weight excluding hydrogens is 292 g/mol. The summed E-state index contributed by atoms with van der Waals surface area (Å²) in [6.45, 7) is 0. The van der Waals surface area contributed by atoms with Gasteiger partial charge in [-0.1, -0.05) is 0 Å². The van der Waals surface area contributed by atoms with Crippen LogP contribution in [0.2, 0.25) is 0 Å². The van der Waals surface area contributed by atoms with E-state index in [4.69, 9.17) is 9.72 Å². The van der Waals surface area contributed by atoms with E-state index in [0.29, 0.717) is 18.0 Å². The molecule has 2 bridgehead atoms. The molecule has 0 amide bonds. The van der Waals surface area contributed by atoms with Gasteiger partial charge in [0.1, 0.15) is 11.6 Å². The highest BCUT2D eigenvalue weighted by Crippen LogP contribution is 2.33. The van der Waals surface area contributed by atoms with Crippen LogP contribution in [0.4, 0.5) is 0 Å². The highest BCUT2D eigenvalue weighted by Gasteiger charge is 2.41. The lowest BCUT2D eigenvalue weighted by Gasteiger charge is -2.21. The molecule has 2 aliphatic heterocycles. The third-order valence-corrected chi connectivity index (χ3v) is 4.86. The van der Waals surface area contributed by atoms with Gasteiger partial charge in [0.15, 0.2) is 0 Å². The average Bonchev–Trinajstić information content (AvgIpc) is 3.30. The SMILES string of the molecule is Cn1cc(-c2cn3nccc3c(O[C@@H]3CC4CCC3N4)n2)cn1. The lowest BCUT2D eigenvalue weighted by molar-refractivity contribution is 0.166. The van der Waals surface area contributed by atoms with Crippen LogP contribution in [-0.4, -0.2) is 42.6 Å². The van der Waals surface area contributed by atoms with E-state index < -0.39 is 0 Å². The zero-order chi connectivity index (χ0) is 15.4. The fourth-order valence-electron chi connectivity index (χ4n) is 3.72. The Morgan fingerprint density at radius 3 is 2.96 bits per heavy atom. The van der Waals surface area contributed by atoms with E-state index in [1.165, 1.54) is 12.8 Å². The molecule has 23 heavy (non-hydrogen) atoms. The second-order valence-corrected chi connectivity index (χ2v) is 6.43. The van der Waals surface area contributed by atoms with Crippen LogP contribution in [0.3, 0.4) is 0 Å². The molecule has 7 nitrogen and oxygen atoms in total. The maximum absolute atomic E-state index is 6.29. The summed E-state index contributed by atoms with van der Waals surface area (Å²) in [5, 5.41) is 12.2. The van der Waals surface area contributed by atoms with Crippen LogP contribution >= 0.6 is 0 Å². The molecule has 3 aromatic heterocycles. The zero-order valence-electron chi connectivity index (χ0n) is 12.9. The van der Waals surface area contributed by atoms with E-state index in [1.807, 2.05) is 30.0 Å². The molecule has 1 N–H and O–H groups in total. The van der Waals surface area contributed by atoms with Crippen molar-refractivity contribution in [3.05, 3.63) is 30.9 Å². The van der Waals surface area contributed by atoms with Crippen LogP contribution in [0, 0.1) is 0 Å². The molecule has 0 saturated carbocycles. The summed E-state index contributed by atoms with van der Waals surface area (Å²) in [4.78, 5) is 4.74. The Hall–Kier alpha value is -2.41. The Morgan fingerprint density at radius 1 is 1.26 bits per heavy atom. The van der Waals surface area contributed by atoms with Crippen LogP contribution in [0.15, 0.2) is 30.9 Å². The molecule has 5 heterocycles. The van der Waals surface area contributed by atoms with Crippen molar-refractivity contribution in [1.82, 2.24) is 29.7 Å². The first-order chi connectivity index (χ1) is 11.3. The number of aromatic nitrogens is 5. The molecule has 2 saturated heterocycles. The van der Waals surface area contributed by atoms with Gasteiger partial charge in [0.25, 0.3) is 0 Å². The van der Waals surface area contributed by atoms with E-state index in [2.05, 4.69) is 15.5 Å². The van der Waals surface area contributed by atoms with Crippen LogP contribution in [0.1, 0.15) is 19.3 Å². The second kappa shape index (κ2) is 4.79. The van der Waals surface area contributed by atoms with Gasteiger partial charge in [-0.2, -0.15) is 10.2 Å². The Labute approximate surface area is 133 Å². The number of hydrogen-bond donors (Lipinski definition) is 1. The molecule has 2 aliphatic rings. The number of rotatable bonds is 3. The summed E-state index contributed by atoms with van der Waals surface area (Å²) in [5.41, 5.74) is 2.68. The van der Waals surface area contributed by atoms with Crippen molar-refractivity contribution in [3.63, 3.8) is 0 Å². The van der Waals surface area contributed by atoms with Crippen molar-refractivity contribution in [2.45, 2.75) is 37.5 Å². The molecule has 2 unspecified atom stereocenters. The van der Waals surface area contributed by atoms with Gasteiger partial charge < -0.3 is 10.1 Å². The summed E-state index contributed by atoms with van der Waals surface area (Å²) in [7, 11) is 1.90. The molecule has 0 aromatic carbocycles. The van der Waals surface area contributed by atoms with Crippen molar-refractivity contribution < 1.29 is 4.74 Å². The van der Waals surface area contributed by atoms with Gasteiger partial charge >= 0.3 is 0 Å². The number of nitrogens with zero attached hydrogens (tertiary/aromatic N) is 5. The van der Waals surface area contributed by atoms with Crippen LogP contribution in [-0.2, 0) is 7.05 Å². The molecule has 2 fully saturated rings. The lowest BCUT2D eigenvalue weighted by atomic mass is 9.98. The fraction of sp³-hybridized carbons (Fsp3) is 0.438. The maximum atomic E-state index is 6.29. The Bertz CT molecular complexity index is 868. The second-order valence-electron chi connectivity index (χ2n) is 6.43. The molecule has 3 aromatic rings. The van der Waals surface area contributed by atoms with Gasteiger partial charge in [0, 0.05) is 37.3 Å². The van der Waals surface area contributed by atoms with Crippen molar-refractivity contribution in [2.75, 3.05) is 0 Å². The first kappa shape index (κ1) is 13.1. The minimum absolute atomic E-state index is 0.198. The number of ether oxygens (including phenoxy) is 1. The molecule has 118 valence electrons. The van der Waals surface area contributed by atoms with Gasteiger partial charge in [-0.05, 0) is 18.9 Å². The first-order valence-electron chi connectivity index (χ1n) is 8.02. The standard InChI is InChI=1S/C16H18N6O/c1-21-8-10(7-18-21)13-9-22-14(4-5-17-22)16(20-13)23-15-6-11-2-3-12(15)19-11/h4-5,7-9,11-12,15,19H,2-3,6H2,1H3/t11?,12?,15-/m1/s1. The van der Waals surface area contributed by atoms with E-state index in [0.717, 1.165) is 23.2 Å². The Kier molecular flexibility index (Phi) is 2.72. The molecular formula is C16H18N6O. The highest BCUT2D eigenvalue weighted by atomic mass is 16.5. The number of aryl methyl sites for hydroxylation is 1. The van der Waals surface area contributed by atoms with Crippen LogP contribution in [0.5, 0.6) is 5.88 Å². The van der Waals surface area contributed by atoms with Gasteiger partial charge in [-0.25, -0.2) is 9.50 Å². The monoisotopic (exact) mass is 310 g/mol. The molecule has 0 radical (unpaired) electrons. The molecule has 3 atom stereocenters. The Balaban J connectivity index is 1.55. The highest BCUT2D eigenvalue weighted by molar-refractivity contribution is 5.63. The molecule has 7 heteroatoms. The first-order valence-corrected chi connectivity index (χ1v) is 8.02. The summed E-state index contributed by atoms with van der Waals surface area (Å²) >= 11 is 0. The smallest absolute Gasteiger partial charge is 0.241 e. The molecule has 0 spiro atoms. The zero-order valence-corrected chi connectivity index (χ0v) is 12.9. The van der Waals surface area contributed by atoms with Gasteiger partial charge in [-0.3, -0.25) is 4.68 Å². The minimum atomic E-state index is 0.198. The predicted molar refractivity (Wildman–Crippen MR) is 84.2 cm³/mol. The predicted octanol–water partition coefficient (Wildman–Crippen LogP) is 1.40. The van der Waals surface area contributed by atoms with E-state index in [-0.39, 0.29) is 6.10 Å². The summed E-state index contributed by atoms with van der Waals surface area (Å²) in [5.74, 6) is 0.656. The van der Waals surface area contributed by atoms with Gasteiger partial charge in [0.2, 0.25) is 5.88 Å². The quantitative estimate of drug-likeness (QED) is 0.792. The average molecular weight is 310 g/mol. The van der Waals surface area contributed by atoms with Crippen LogP contribution in [0.25, 0.3) is 16.8 Å². The third kappa shape index (κ3) is 2.11. The number of nitrogens with one attached hydrogen (secondary N) is 1. The lowest BCUT2D eigenvalue weighted by Crippen LogP contribution is -2.32. The summed E-state index contributed by atoms with van der Waals surface area (Å²) in [6.07, 6.45) is 11.1. The van der Waals surface area contributed by atoms with Crippen molar-refractivity contribution in [2.24, 2.45) is 7.05 Å². The molecule has 5 rings (SSSR count). The van der Waals surface area contributed by atoms with E-state index >= 15 is 0 Å². The van der Waals surface area contributed by atoms with Crippen molar-refractivity contribution in [1.29, 1.82) is 0 Å². The normalized spacial score (nSPS) is 26.2. The summed E-state index contributed by atoms with van der Waals surface area (Å²) < 4.78 is 9.88. The van der Waals surface area contributed by atoms with E-state index in [9.17, 15) is 0 Å². The van der Waals surface area contributed by atoms with Gasteiger partial charge in [-0.15, -0.1) is 0 Å². The van der Waals surface area contributed by atoms with Crippen LogP contribution < -0.4 is 10.1 Å². The Morgan fingerprint density at radius 2 is 2.22 bits per heavy atom. The maximum Gasteiger partial charge on any atom is 0.241 e. The minimum Gasteiger partial charge on any atom is -0.471 e.